The van der Waals surface area contributed by atoms with Crippen molar-refractivity contribution in [2.45, 2.75) is 46.3 Å². The van der Waals surface area contributed by atoms with E-state index in [1.807, 2.05) is 11.9 Å². The molecular weight excluding hydrogens is 258 g/mol. The number of carbonyl (C=O) groups is 2. The molecule has 0 spiro atoms. The zero-order valence-corrected chi connectivity index (χ0v) is 13.0. The van der Waals surface area contributed by atoms with Gasteiger partial charge in [0.2, 0.25) is 0 Å². The Hall–Kier alpha value is -1.78. The minimum atomic E-state index is -0.607. The molecule has 0 amide bonds. The number of likely N-dealkylation sites (N-methyl/N-ethyl adjacent to an activating group) is 1. The van der Waals surface area contributed by atoms with Gasteiger partial charge in [-0.05, 0) is 46.8 Å². The molecule has 0 aromatic heterocycles. The van der Waals surface area contributed by atoms with Crippen LogP contribution in [0.2, 0.25) is 0 Å². The maximum Gasteiger partial charge on any atom is 0.342 e. The van der Waals surface area contributed by atoms with Crippen LogP contribution in [0.25, 0.3) is 0 Å². The summed E-state index contributed by atoms with van der Waals surface area (Å²) < 4.78 is 10.6. The Labute approximate surface area is 120 Å². The van der Waals surface area contributed by atoms with Crippen LogP contribution in [0.1, 0.15) is 34.6 Å². The van der Waals surface area contributed by atoms with Gasteiger partial charge < -0.3 is 14.4 Å². The minimum absolute atomic E-state index is 0.0212. The van der Waals surface area contributed by atoms with Crippen molar-refractivity contribution in [3.63, 3.8) is 0 Å². The molecule has 1 aliphatic rings. The number of carbonyl (C=O) groups excluding carboxylic acids is 2. The lowest BCUT2D eigenvalue weighted by Gasteiger charge is -2.25. The van der Waals surface area contributed by atoms with E-state index in [1.165, 1.54) is 13.0 Å². The molecular formula is C15H23NO4. The molecule has 112 valence electrons. The van der Waals surface area contributed by atoms with Gasteiger partial charge in [0.05, 0.1) is 11.6 Å². The van der Waals surface area contributed by atoms with Crippen molar-refractivity contribution in [2.75, 3.05) is 13.7 Å². The van der Waals surface area contributed by atoms with Crippen LogP contribution in [0.3, 0.4) is 0 Å². The Kier molecular flexibility index (Phi) is 4.98. The monoisotopic (exact) mass is 281 g/mol. The summed E-state index contributed by atoms with van der Waals surface area (Å²) in [5, 5.41) is 0. The first-order valence-electron chi connectivity index (χ1n) is 6.65. The third-order valence-corrected chi connectivity index (χ3v) is 3.15. The molecule has 0 bridgehead atoms. The van der Waals surface area contributed by atoms with Gasteiger partial charge in [-0.2, -0.15) is 0 Å². The number of ketones is 1. The van der Waals surface area contributed by atoms with E-state index in [2.05, 4.69) is 13.8 Å². The molecule has 20 heavy (non-hydrogen) atoms. The second-order valence-corrected chi connectivity index (χ2v) is 5.76. The highest BCUT2D eigenvalue weighted by molar-refractivity contribution is 6.16. The molecule has 5 nitrogen and oxygen atoms in total. The molecule has 0 aromatic carbocycles. The molecule has 1 rings (SSSR count). The molecule has 0 unspecified atom stereocenters. The minimum Gasteiger partial charge on any atom is -0.477 e. The molecule has 0 aliphatic carbocycles. The molecule has 1 fully saturated rings. The van der Waals surface area contributed by atoms with E-state index in [4.69, 9.17) is 9.47 Å². The molecule has 0 N–H and O–H groups in total. The maximum absolute atomic E-state index is 11.8. The van der Waals surface area contributed by atoms with Crippen molar-refractivity contribution in [2.24, 2.45) is 0 Å². The zero-order chi connectivity index (χ0) is 15.5. The molecule has 1 aliphatic heterocycles. The van der Waals surface area contributed by atoms with Crippen molar-refractivity contribution in [3.05, 3.63) is 23.6 Å². The topological polar surface area (TPSA) is 55.8 Å². The molecule has 0 saturated carbocycles. The highest BCUT2D eigenvalue weighted by Gasteiger charge is 2.33. The van der Waals surface area contributed by atoms with Gasteiger partial charge >= 0.3 is 5.97 Å². The van der Waals surface area contributed by atoms with Gasteiger partial charge in [0.25, 0.3) is 0 Å². The van der Waals surface area contributed by atoms with Gasteiger partial charge in [0.15, 0.2) is 11.7 Å². The van der Waals surface area contributed by atoms with E-state index in [9.17, 15) is 9.59 Å². The summed E-state index contributed by atoms with van der Waals surface area (Å²) in [4.78, 5) is 25.3. The quantitative estimate of drug-likeness (QED) is 0.341. The second-order valence-electron chi connectivity index (χ2n) is 5.76. The number of ether oxygens (including phenoxy) is 2. The SMILES string of the molecule is CC(=O)C(=CC=C1OCC(C)(C)N1C)C(=O)OC(C)C. The maximum atomic E-state index is 11.8. The number of hydrogen-bond acceptors (Lipinski definition) is 5. The van der Waals surface area contributed by atoms with Crippen LogP contribution in [0.4, 0.5) is 0 Å². The average Bonchev–Trinajstić information content (AvgIpc) is 2.54. The smallest absolute Gasteiger partial charge is 0.342 e. The Morgan fingerprint density at radius 3 is 2.40 bits per heavy atom. The lowest BCUT2D eigenvalue weighted by atomic mass is 10.1. The number of allylic oxidation sites excluding steroid dienone is 2. The Balaban J connectivity index is 2.94. The normalized spacial score (nSPS) is 20.2. The fourth-order valence-electron chi connectivity index (χ4n) is 1.66. The van der Waals surface area contributed by atoms with E-state index < -0.39 is 5.97 Å². The molecule has 0 radical (unpaired) electrons. The summed E-state index contributed by atoms with van der Waals surface area (Å²) in [6.07, 6.45) is 2.83. The summed E-state index contributed by atoms with van der Waals surface area (Å²) in [6.45, 7) is 9.49. The molecule has 5 heteroatoms. The summed E-state index contributed by atoms with van der Waals surface area (Å²) in [7, 11) is 1.91. The predicted molar refractivity (Wildman–Crippen MR) is 75.9 cm³/mol. The summed E-state index contributed by atoms with van der Waals surface area (Å²) in [5.74, 6) is -0.303. The lowest BCUT2D eigenvalue weighted by Crippen LogP contribution is -2.36. The van der Waals surface area contributed by atoms with Gasteiger partial charge in [-0.1, -0.05) is 0 Å². The first-order chi connectivity index (χ1) is 9.15. The van der Waals surface area contributed by atoms with E-state index >= 15 is 0 Å². The van der Waals surface area contributed by atoms with Crippen molar-refractivity contribution < 1.29 is 19.1 Å². The molecule has 1 heterocycles. The van der Waals surface area contributed by atoms with Crippen molar-refractivity contribution in [1.82, 2.24) is 4.90 Å². The van der Waals surface area contributed by atoms with Gasteiger partial charge in [-0.25, -0.2) is 4.79 Å². The van der Waals surface area contributed by atoms with Crippen LogP contribution < -0.4 is 0 Å². The van der Waals surface area contributed by atoms with Gasteiger partial charge in [0, 0.05) is 7.05 Å². The number of esters is 1. The van der Waals surface area contributed by atoms with Crippen LogP contribution in [-0.2, 0) is 19.1 Å². The summed E-state index contributed by atoms with van der Waals surface area (Å²) >= 11 is 0. The summed E-state index contributed by atoms with van der Waals surface area (Å²) in [5.41, 5.74) is -0.0815. The highest BCUT2D eigenvalue weighted by atomic mass is 16.5. The number of rotatable bonds is 4. The van der Waals surface area contributed by atoms with Crippen molar-refractivity contribution >= 4 is 11.8 Å². The number of hydrogen-bond donors (Lipinski definition) is 0. The van der Waals surface area contributed by atoms with Crippen LogP contribution >= 0.6 is 0 Å². The third-order valence-electron chi connectivity index (χ3n) is 3.15. The fraction of sp³-hybridized carbons (Fsp3) is 0.600. The van der Waals surface area contributed by atoms with Crippen LogP contribution in [0, 0.1) is 0 Å². The zero-order valence-electron chi connectivity index (χ0n) is 13.0. The van der Waals surface area contributed by atoms with Crippen molar-refractivity contribution in [1.29, 1.82) is 0 Å². The van der Waals surface area contributed by atoms with Crippen LogP contribution in [-0.4, -0.2) is 41.9 Å². The first-order valence-corrected chi connectivity index (χ1v) is 6.65. The van der Waals surface area contributed by atoms with Crippen molar-refractivity contribution in [3.8, 4) is 0 Å². The van der Waals surface area contributed by atoms with E-state index in [0.717, 1.165) is 0 Å². The molecule has 0 aromatic rings. The molecule has 0 atom stereocenters. The Bertz CT molecular complexity index is 460. The Morgan fingerprint density at radius 1 is 1.40 bits per heavy atom. The third kappa shape index (κ3) is 3.85. The van der Waals surface area contributed by atoms with Gasteiger partial charge in [-0.3, -0.25) is 4.79 Å². The first kappa shape index (κ1) is 16.3. The number of Topliss-reactive ketones (excluding diaryl/α,β-unsaturated/α-hetero) is 1. The second kappa shape index (κ2) is 6.11. The van der Waals surface area contributed by atoms with E-state index in [0.29, 0.717) is 12.5 Å². The van der Waals surface area contributed by atoms with Gasteiger partial charge in [-0.15, -0.1) is 0 Å². The van der Waals surface area contributed by atoms with E-state index in [-0.39, 0.29) is 23.0 Å². The molecule has 1 saturated heterocycles. The largest absolute Gasteiger partial charge is 0.477 e. The van der Waals surface area contributed by atoms with Crippen LogP contribution in [0.5, 0.6) is 0 Å². The van der Waals surface area contributed by atoms with Gasteiger partial charge in [0.1, 0.15) is 12.2 Å². The fourth-order valence-corrected chi connectivity index (χ4v) is 1.66. The predicted octanol–water partition coefficient (Wildman–Crippen LogP) is 2.04. The van der Waals surface area contributed by atoms with E-state index in [1.54, 1.807) is 19.9 Å². The lowest BCUT2D eigenvalue weighted by molar-refractivity contribution is -0.143. The standard InChI is InChI=1S/C15H23NO4/c1-10(2)20-14(18)12(11(3)17)7-8-13-16(6)15(4,5)9-19-13/h7-8,10H,9H2,1-6H3. The Morgan fingerprint density at radius 2 is 2.00 bits per heavy atom. The highest BCUT2D eigenvalue weighted by Crippen LogP contribution is 2.27. The average molecular weight is 281 g/mol. The summed E-state index contributed by atoms with van der Waals surface area (Å²) in [6, 6.07) is 0. The van der Waals surface area contributed by atoms with Crippen LogP contribution in [0.15, 0.2) is 23.6 Å². The number of nitrogens with zero attached hydrogens (tertiary/aromatic N) is 1.